The van der Waals surface area contributed by atoms with Crippen molar-refractivity contribution in [1.82, 2.24) is 4.90 Å². The molecule has 0 heterocycles. The Labute approximate surface area is 130 Å². The van der Waals surface area contributed by atoms with Crippen LogP contribution in [0.5, 0.6) is 0 Å². The zero-order valence-corrected chi connectivity index (χ0v) is 13.0. The molecule has 0 saturated carbocycles. The van der Waals surface area contributed by atoms with Crippen molar-refractivity contribution in [3.8, 4) is 0 Å². The maximum atomic E-state index is 12.4. The van der Waals surface area contributed by atoms with Crippen LogP contribution in [0.1, 0.15) is 24.1 Å². The number of rotatable bonds is 4. The molecule has 4 heteroatoms. The van der Waals surface area contributed by atoms with Crippen molar-refractivity contribution >= 4 is 23.2 Å². The highest BCUT2D eigenvalue weighted by atomic mass is 35.5. The van der Waals surface area contributed by atoms with Gasteiger partial charge in [-0.3, -0.25) is 4.79 Å². The fourth-order valence-corrected chi connectivity index (χ4v) is 2.42. The Morgan fingerprint density at radius 3 is 2.62 bits per heavy atom. The fraction of sp³-hybridized carbons (Fsp3) is 0.235. The SMILES string of the molecule is CC(c1cccc(N)c1)N(C)C(=O)Cc1cccc(Cl)c1. The molecule has 21 heavy (non-hydrogen) atoms. The number of amides is 1. The molecule has 0 spiro atoms. The molecule has 2 N–H and O–H groups in total. The maximum absolute atomic E-state index is 12.4. The highest BCUT2D eigenvalue weighted by molar-refractivity contribution is 6.30. The molecule has 3 nitrogen and oxygen atoms in total. The summed E-state index contributed by atoms with van der Waals surface area (Å²) in [7, 11) is 1.81. The van der Waals surface area contributed by atoms with Gasteiger partial charge < -0.3 is 10.6 Å². The second-order valence-electron chi connectivity index (χ2n) is 5.16. The smallest absolute Gasteiger partial charge is 0.227 e. The normalized spacial score (nSPS) is 12.0. The third kappa shape index (κ3) is 3.99. The first-order chi connectivity index (χ1) is 9.97. The second-order valence-corrected chi connectivity index (χ2v) is 5.59. The lowest BCUT2D eigenvalue weighted by Crippen LogP contribution is -2.31. The van der Waals surface area contributed by atoms with E-state index < -0.39 is 0 Å². The van der Waals surface area contributed by atoms with Gasteiger partial charge in [0.05, 0.1) is 12.5 Å². The summed E-state index contributed by atoms with van der Waals surface area (Å²) in [6.45, 7) is 1.99. The molecule has 0 fully saturated rings. The van der Waals surface area contributed by atoms with Gasteiger partial charge in [-0.1, -0.05) is 35.9 Å². The van der Waals surface area contributed by atoms with Crippen LogP contribution in [0.25, 0.3) is 0 Å². The molecule has 0 aliphatic heterocycles. The summed E-state index contributed by atoms with van der Waals surface area (Å²) in [4.78, 5) is 14.1. The Bertz CT molecular complexity index is 642. The number of benzene rings is 2. The summed E-state index contributed by atoms with van der Waals surface area (Å²) in [6, 6.07) is 15.0. The van der Waals surface area contributed by atoms with Gasteiger partial charge in [-0.25, -0.2) is 0 Å². The standard InChI is InChI=1S/C17H19ClN2O/c1-12(14-6-4-8-16(19)11-14)20(2)17(21)10-13-5-3-7-15(18)9-13/h3-9,11-12H,10,19H2,1-2H3. The number of nitrogen functional groups attached to an aromatic ring is 1. The molecule has 1 atom stereocenters. The predicted molar refractivity (Wildman–Crippen MR) is 87.2 cm³/mol. The van der Waals surface area contributed by atoms with E-state index in [0.29, 0.717) is 17.1 Å². The lowest BCUT2D eigenvalue weighted by molar-refractivity contribution is -0.131. The summed E-state index contributed by atoms with van der Waals surface area (Å²) >= 11 is 5.94. The minimum atomic E-state index is -0.0276. The molecule has 2 aromatic carbocycles. The summed E-state index contributed by atoms with van der Waals surface area (Å²) in [5, 5.41) is 0.645. The molecule has 0 aromatic heterocycles. The van der Waals surface area contributed by atoms with Crippen LogP contribution in [-0.4, -0.2) is 17.9 Å². The van der Waals surface area contributed by atoms with Crippen LogP contribution >= 0.6 is 11.6 Å². The van der Waals surface area contributed by atoms with Crippen LogP contribution in [0.4, 0.5) is 5.69 Å². The number of nitrogens with two attached hydrogens (primary N) is 1. The topological polar surface area (TPSA) is 46.3 Å². The van der Waals surface area contributed by atoms with Gasteiger partial charge in [-0.05, 0) is 42.3 Å². The van der Waals surface area contributed by atoms with Crippen molar-refractivity contribution in [1.29, 1.82) is 0 Å². The zero-order chi connectivity index (χ0) is 15.4. The molecule has 110 valence electrons. The van der Waals surface area contributed by atoms with E-state index in [0.717, 1.165) is 11.1 Å². The predicted octanol–water partition coefficient (Wildman–Crippen LogP) is 3.68. The Hall–Kier alpha value is -2.00. The Balaban J connectivity index is 2.08. The minimum absolute atomic E-state index is 0.0276. The van der Waals surface area contributed by atoms with Crippen LogP contribution in [0.3, 0.4) is 0 Å². The third-order valence-electron chi connectivity index (χ3n) is 3.61. The third-order valence-corrected chi connectivity index (χ3v) is 3.85. The first-order valence-electron chi connectivity index (χ1n) is 6.83. The number of likely N-dealkylation sites (N-methyl/N-ethyl adjacent to an activating group) is 1. The van der Waals surface area contributed by atoms with E-state index in [1.807, 2.05) is 49.4 Å². The summed E-state index contributed by atoms with van der Waals surface area (Å²) < 4.78 is 0. The van der Waals surface area contributed by atoms with Crippen molar-refractivity contribution in [2.24, 2.45) is 0 Å². The van der Waals surface area contributed by atoms with E-state index in [1.165, 1.54) is 0 Å². The number of anilines is 1. The molecule has 0 bridgehead atoms. The van der Waals surface area contributed by atoms with Gasteiger partial charge in [0.1, 0.15) is 0 Å². The highest BCUT2D eigenvalue weighted by Crippen LogP contribution is 2.21. The first-order valence-corrected chi connectivity index (χ1v) is 7.20. The largest absolute Gasteiger partial charge is 0.399 e. The summed E-state index contributed by atoms with van der Waals surface area (Å²) in [6.07, 6.45) is 0.337. The Kier molecular flexibility index (Phi) is 4.86. The van der Waals surface area contributed by atoms with Gasteiger partial charge in [-0.2, -0.15) is 0 Å². The average Bonchev–Trinajstić information content (AvgIpc) is 2.45. The van der Waals surface area contributed by atoms with E-state index >= 15 is 0 Å². The van der Waals surface area contributed by atoms with Crippen molar-refractivity contribution in [3.63, 3.8) is 0 Å². The van der Waals surface area contributed by atoms with Gasteiger partial charge in [0.15, 0.2) is 0 Å². The van der Waals surface area contributed by atoms with Crippen LogP contribution in [-0.2, 0) is 11.2 Å². The molecule has 0 aliphatic carbocycles. The molecule has 1 amide bonds. The number of carbonyl (C=O) groups is 1. The van der Waals surface area contributed by atoms with E-state index in [2.05, 4.69) is 0 Å². The van der Waals surface area contributed by atoms with Crippen LogP contribution in [0.15, 0.2) is 48.5 Å². The van der Waals surface area contributed by atoms with Gasteiger partial charge >= 0.3 is 0 Å². The molecular weight excluding hydrogens is 284 g/mol. The second kappa shape index (κ2) is 6.64. The van der Waals surface area contributed by atoms with Crippen LogP contribution < -0.4 is 5.73 Å². The Morgan fingerprint density at radius 2 is 1.95 bits per heavy atom. The molecule has 0 radical (unpaired) electrons. The number of nitrogens with zero attached hydrogens (tertiary/aromatic N) is 1. The van der Waals surface area contributed by atoms with Gasteiger partial charge in [0.2, 0.25) is 5.91 Å². The van der Waals surface area contributed by atoms with Crippen molar-refractivity contribution in [2.75, 3.05) is 12.8 Å². The number of halogens is 1. The minimum Gasteiger partial charge on any atom is -0.399 e. The molecular formula is C17H19ClN2O. The quantitative estimate of drug-likeness (QED) is 0.876. The van der Waals surface area contributed by atoms with Crippen LogP contribution in [0, 0.1) is 0 Å². The lowest BCUT2D eigenvalue weighted by atomic mass is 10.1. The van der Waals surface area contributed by atoms with Crippen LogP contribution in [0.2, 0.25) is 5.02 Å². The zero-order valence-electron chi connectivity index (χ0n) is 12.2. The molecule has 2 rings (SSSR count). The number of hydrogen-bond donors (Lipinski definition) is 1. The van der Waals surface area contributed by atoms with Crippen molar-refractivity contribution in [2.45, 2.75) is 19.4 Å². The maximum Gasteiger partial charge on any atom is 0.227 e. The van der Waals surface area contributed by atoms with Crippen molar-refractivity contribution < 1.29 is 4.79 Å². The summed E-state index contributed by atoms with van der Waals surface area (Å²) in [5.74, 6) is 0.0483. The molecule has 1 unspecified atom stereocenters. The molecule has 2 aromatic rings. The van der Waals surface area contributed by atoms with Crippen molar-refractivity contribution in [3.05, 3.63) is 64.7 Å². The lowest BCUT2D eigenvalue weighted by Gasteiger charge is -2.25. The van der Waals surface area contributed by atoms with Gasteiger partial charge in [0, 0.05) is 17.8 Å². The highest BCUT2D eigenvalue weighted by Gasteiger charge is 2.17. The van der Waals surface area contributed by atoms with E-state index in [1.54, 1.807) is 18.0 Å². The number of hydrogen-bond acceptors (Lipinski definition) is 2. The number of carbonyl (C=O) groups excluding carboxylic acids is 1. The van der Waals surface area contributed by atoms with E-state index in [9.17, 15) is 4.79 Å². The molecule has 0 aliphatic rings. The monoisotopic (exact) mass is 302 g/mol. The first kappa shape index (κ1) is 15.4. The van der Waals surface area contributed by atoms with E-state index in [4.69, 9.17) is 17.3 Å². The summed E-state index contributed by atoms with van der Waals surface area (Å²) in [5.41, 5.74) is 8.44. The average molecular weight is 303 g/mol. The van der Waals surface area contributed by atoms with E-state index in [-0.39, 0.29) is 11.9 Å². The van der Waals surface area contributed by atoms with Gasteiger partial charge in [-0.15, -0.1) is 0 Å². The Morgan fingerprint density at radius 1 is 1.24 bits per heavy atom. The fourth-order valence-electron chi connectivity index (χ4n) is 2.20. The molecule has 0 saturated heterocycles. The van der Waals surface area contributed by atoms with Gasteiger partial charge in [0.25, 0.3) is 0 Å².